The first-order chi connectivity index (χ1) is 7.29. The van der Waals surface area contributed by atoms with Gasteiger partial charge < -0.3 is 4.79 Å². The Balaban J connectivity index is 1.94. The number of hydrogen-bond donors (Lipinski definition) is 0. The summed E-state index contributed by atoms with van der Waals surface area (Å²) in [7, 11) is 0. The van der Waals surface area contributed by atoms with Crippen molar-refractivity contribution >= 4 is 6.29 Å². The smallest absolute Gasteiger partial charge is 0.124 e. The average molecular weight is 209 g/mol. The number of hydrogen-bond acceptors (Lipinski definition) is 5. The van der Waals surface area contributed by atoms with Crippen LogP contribution in [-0.2, 0) is 11.3 Å². The molecule has 1 aliphatic heterocycles. The molecule has 1 aliphatic rings. The Labute approximate surface area is 88.4 Å². The molecule has 5 heteroatoms. The maximum Gasteiger partial charge on any atom is 0.124 e. The highest BCUT2D eigenvalue weighted by Crippen LogP contribution is 2.16. The van der Waals surface area contributed by atoms with E-state index in [0.29, 0.717) is 0 Å². The van der Waals surface area contributed by atoms with Gasteiger partial charge in [0, 0.05) is 19.0 Å². The molecule has 2 rings (SSSR count). The molecule has 0 amide bonds. The number of carbonyl (C=O) groups is 1. The van der Waals surface area contributed by atoms with E-state index in [9.17, 15) is 4.79 Å². The first-order valence-electron chi connectivity index (χ1n) is 5.25. The lowest BCUT2D eigenvalue weighted by Gasteiger charge is -2.29. The maximum absolute atomic E-state index is 10.7. The van der Waals surface area contributed by atoms with E-state index >= 15 is 0 Å². The topological polar surface area (TPSA) is 59.2 Å². The highest BCUT2D eigenvalue weighted by Gasteiger charge is 2.20. The van der Waals surface area contributed by atoms with Gasteiger partial charge in [-0.15, -0.1) is 0 Å². The summed E-state index contributed by atoms with van der Waals surface area (Å²) in [6.45, 7) is 4.47. The minimum Gasteiger partial charge on any atom is -0.303 e. The Morgan fingerprint density at radius 3 is 3.13 bits per heavy atom. The lowest BCUT2D eigenvalue weighted by Crippen LogP contribution is -2.35. The van der Waals surface area contributed by atoms with Crippen molar-refractivity contribution in [2.24, 2.45) is 5.92 Å². The molecule has 0 saturated carbocycles. The van der Waals surface area contributed by atoms with Gasteiger partial charge in [-0.1, -0.05) is 10.3 Å². The molecule has 15 heavy (non-hydrogen) atoms. The molecule has 82 valence electrons. The minimum absolute atomic E-state index is 0.180. The van der Waals surface area contributed by atoms with Crippen molar-refractivity contribution in [1.29, 1.82) is 0 Å². The molecule has 0 bridgehead atoms. The third-order valence-corrected chi connectivity index (χ3v) is 2.85. The SMILES string of the molecule is Cc1nonc1CN1CCCC(C=O)C1. The predicted octanol–water partition coefficient (Wildman–Crippen LogP) is 0.789. The average Bonchev–Trinajstić information content (AvgIpc) is 2.65. The van der Waals surface area contributed by atoms with E-state index in [1.165, 1.54) is 0 Å². The van der Waals surface area contributed by atoms with Crippen LogP contribution in [-0.4, -0.2) is 34.6 Å². The number of likely N-dealkylation sites (tertiary alicyclic amines) is 1. The third-order valence-electron chi connectivity index (χ3n) is 2.85. The number of aryl methyl sites for hydroxylation is 1. The number of carbonyl (C=O) groups excluding carboxylic acids is 1. The number of piperidine rings is 1. The summed E-state index contributed by atoms with van der Waals surface area (Å²) in [5.74, 6) is 0.180. The zero-order valence-corrected chi connectivity index (χ0v) is 8.85. The molecule has 1 aromatic rings. The second-order valence-electron chi connectivity index (χ2n) is 4.07. The summed E-state index contributed by atoms with van der Waals surface area (Å²) in [5.41, 5.74) is 1.71. The Morgan fingerprint density at radius 1 is 1.60 bits per heavy atom. The van der Waals surface area contributed by atoms with Crippen molar-refractivity contribution in [3.8, 4) is 0 Å². The van der Waals surface area contributed by atoms with Gasteiger partial charge in [-0.3, -0.25) is 4.90 Å². The second-order valence-corrected chi connectivity index (χ2v) is 4.07. The van der Waals surface area contributed by atoms with Crippen LogP contribution in [0.3, 0.4) is 0 Å². The van der Waals surface area contributed by atoms with E-state index in [0.717, 1.165) is 50.1 Å². The lowest BCUT2D eigenvalue weighted by atomic mass is 9.99. The van der Waals surface area contributed by atoms with Crippen molar-refractivity contribution < 1.29 is 9.42 Å². The van der Waals surface area contributed by atoms with E-state index in [1.807, 2.05) is 6.92 Å². The number of aromatic nitrogens is 2. The highest BCUT2D eigenvalue weighted by molar-refractivity contribution is 5.53. The summed E-state index contributed by atoms with van der Waals surface area (Å²) < 4.78 is 4.64. The fourth-order valence-corrected chi connectivity index (χ4v) is 1.95. The lowest BCUT2D eigenvalue weighted by molar-refractivity contribution is -0.112. The first kappa shape index (κ1) is 10.3. The van der Waals surface area contributed by atoms with Crippen LogP contribution in [0, 0.1) is 12.8 Å². The standard InChI is InChI=1S/C10H15N3O2/c1-8-10(12-15-11-8)6-13-4-2-3-9(5-13)7-14/h7,9H,2-6H2,1H3. The Kier molecular flexibility index (Phi) is 3.11. The Bertz CT molecular complexity index is 337. The monoisotopic (exact) mass is 209 g/mol. The van der Waals surface area contributed by atoms with Crippen molar-refractivity contribution in [3.63, 3.8) is 0 Å². The van der Waals surface area contributed by atoms with Gasteiger partial charge in [0.2, 0.25) is 0 Å². The van der Waals surface area contributed by atoms with E-state index in [1.54, 1.807) is 0 Å². The third kappa shape index (κ3) is 2.41. The molecule has 0 spiro atoms. The predicted molar refractivity (Wildman–Crippen MR) is 53.1 cm³/mol. The van der Waals surface area contributed by atoms with Crippen LogP contribution in [0.2, 0.25) is 0 Å². The van der Waals surface area contributed by atoms with E-state index in [4.69, 9.17) is 0 Å². The van der Waals surface area contributed by atoms with Crippen molar-refractivity contribution in [1.82, 2.24) is 15.2 Å². The van der Waals surface area contributed by atoms with Crippen LogP contribution in [0.15, 0.2) is 4.63 Å². The molecule has 0 aliphatic carbocycles. The molecular weight excluding hydrogens is 194 g/mol. The maximum atomic E-state index is 10.7. The molecule has 1 aromatic heterocycles. The van der Waals surface area contributed by atoms with Crippen LogP contribution in [0.25, 0.3) is 0 Å². The van der Waals surface area contributed by atoms with Gasteiger partial charge in [0.1, 0.15) is 17.7 Å². The molecule has 5 nitrogen and oxygen atoms in total. The molecule has 0 N–H and O–H groups in total. The minimum atomic E-state index is 0.180. The van der Waals surface area contributed by atoms with Gasteiger partial charge in [-0.25, -0.2) is 4.63 Å². The fraction of sp³-hybridized carbons (Fsp3) is 0.700. The number of aldehydes is 1. The molecule has 1 saturated heterocycles. The molecule has 1 atom stereocenters. The fourth-order valence-electron chi connectivity index (χ4n) is 1.95. The van der Waals surface area contributed by atoms with Gasteiger partial charge in [0.15, 0.2) is 0 Å². The van der Waals surface area contributed by atoms with Gasteiger partial charge in [0.05, 0.1) is 0 Å². The summed E-state index contributed by atoms with van der Waals surface area (Å²) in [5, 5.41) is 7.58. The Hall–Kier alpha value is -1.23. The van der Waals surface area contributed by atoms with Gasteiger partial charge >= 0.3 is 0 Å². The molecule has 1 unspecified atom stereocenters. The van der Waals surface area contributed by atoms with Crippen molar-refractivity contribution in [2.45, 2.75) is 26.3 Å². The largest absolute Gasteiger partial charge is 0.303 e. The van der Waals surface area contributed by atoms with Gasteiger partial charge in [-0.2, -0.15) is 0 Å². The molecule has 2 heterocycles. The first-order valence-corrected chi connectivity index (χ1v) is 5.25. The molecular formula is C10H15N3O2. The summed E-state index contributed by atoms with van der Waals surface area (Å²) in [4.78, 5) is 12.9. The summed E-state index contributed by atoms with van der Waals surface area (Å²) in [6.07, 6.45) is 3.14. The Morgan fingerprint density at radius 2 is 2.47 bits per heavy atom. The quantitative estimate of drug-likeness (QED) is 0.689. The van der Waals surface area contributed by atoms with Crippen LogP contribution in [0.4, 0.5) is 0 Å². The van der Waals surface area contributed by atoms with Crippen molar-refractivity contribution in [2.75, 3.05) is 13.1 Å². The van der Waals surface area contributed by atoms with Crippen LogP contribution in [0.1, 0.15) is 24.2 Å². The molecule has 0 aromatic carbocycles. The van der Waals surface area contributed by atoms with Crippen LogP contribution >= 0.6 is 0 Å². The summed E-state index contributed by atoms with van der Waals surface area (Å²) >= 11 is 0. The second kappa shape index (κ2) is 4.53. The van der Waals surface area contributed by atoms with E-state index < -0.39 is 0 Å². The van der Waals surface area contributed by atoms with Gasteiger partial charge in [-0.05, 0) is 26.3 Å². The normalized spacial score (nSPS) is 22.9. The van der Waals surface area contributed by atoms with Crippen molar-refractivity contribution in [3.05, 3.63) is 11.4 Å². The van der Waals surface area contributed by atoms with E-state index in [2.05, 4.69) is 19.8 Å². The zero-order valence-electron chi connectivity index (χ0n) is 8.85. The zero-order chi connectivity index (χ0) is 10.7. The van der Waals surface area contributed by atoms with Gasteiger partial charge in [0.25, 0.3) is 0 Å². The number of rotatable bonds is 3. The highest BCUT2D eigenvalue weighted by atomic mass is 16.6. The van der Waals surface area contributed by atoms with Crippen LogP contribution in [0.5, 0.6) is 0 Å². The number of nitrogens with zero attached hydrogens (tertiary/aromatic N) is 3. The summed E-state index contributed by atoms with van der Waals surface area (Å²) in [6, 6.07) is 0. The van der Waals surface area contributed by atoms with Crippen LogP contribution < -0.4 is 0 Å². The van der Waals surface area contributed by atoms with E-state index in [-0.39, 0.29) is 5.92 Å². The molecule has 0 radical (unpaired) electrons. The molecule has 1 fully saturated rings.